The Morgan fingerprint density at radius 3 is 2.61 bits per heavy atom. The largest absolute Gasteiger partial charge is 0.360 e. The number of thiazole rings is 1. The van der Waals surface area contributed by atoms with Crippen molar-refractivity contribution in [3.05, 3.63) is 46.5 Å². The van der Waals surface area contributed by atoms with Crippen LogP contribution in [0.5, 0.6) is 0 Å². The van der Waals surface area contributed by atoms with Crippen LogP contribution in [0.4, 0.5) is 0 Å². The number of aromatic nitrogens is 2. The molecule has 3 aromatic rings. The highest BCUT2D eigenvalue weighted by atomic mass is 32.2. The van der Waals surface area contributed by atoms with Crippen LogP contribution in [0.25, 0.3) is 22.5 Å². The van der Waals surface area contributed by atoms with E-state index in [1.807, 2.05) is 37.3 Å². The molecule has 4 rings (SSSR count). The van der Waals surface area contributed by atoms with Crippen LogP contribution in [0, 0.1) is 6.92 Å². The van der Waals surface area contributed by atoms with Crippen LogP contribution in [0.2, 0.25) is 0 Å². The van der Waals surface area contributed by atoms with E-state index in [0.717, 1.165) is 46.1 Å². The van der Waals surface area contributed by atoms with Crippen LogP contribution in [0.3, 0.4) is 0 Å². The molecule has 6 nitrogen and oxygen atoms in total. The first-order valence-electron chi connectivity index (χ1n) is 9.45. The van der Waals surface area contributed by atoms with E-state index in [1.54, 1.807) is 22.6 Å². The van der Waals surface area contributed by atoms with Crippen molar-refractivity contribution in [2.75, 3.05) is 18.8 Å². The summed E-state index contributed by atoms with van der Waals surface area (Å²) in [6, 6.07) is 9.96. The minimum absolute atomic E-state index is 0.161. The number of benzene rings is 1. The van der Waals surface area contributed by atoms with Gasteiger partial charge in [-0.1, -0.05) is 35.5 Å². The van der Waals surface area contributed by atoms with Crippen molar-refractivity contribution in [3.8, 4) is 22.5 Å². The van der Waals surface area contributed by atoms with E-state index >= 15 is 0 Å². The Bertz CT molecular complexity index is 1050. The lowest BCUT2D eigenvalue weighted by molar-refractivity contribution is 0.319. The lowest BCUT2D eigenvalue weighted by Gasteiger charge is -2.29. The molecule has 0 bridgehead atoms. The second-order valence-corrected chi connectivity index (χ2v) is 10.1. The Hall–Kier alpha value is -2.03. The Morgan fingerprint density at radius 2 is 1.93 bits per heavy atom. The van der Waals surface area contributed by atoms with Crippen LogP contribution < -0.4 is 0 Å². The van der Waals surface area contributed by atoms with Gasteiger partial charge in [-0.05, 0) is 26.7 Å². The summed E-state index contributed by atoms with van der Waals surface area (Å²) in [4.78, 5) is 4.88. The monoisotopic (exact) mass is 417 g/mol. The van der Waals surface area contributed by atoms with E-state index in [2.05, 4.69) is 10.5 Å². The standard InChI is InChI=1S/C20H23N3O3S2/c1-3-28(24,25)23-11-9-16(10-12-23)20-21-17(13-27-20)18-14(2)26-22-19(18)15-7-5-4-6-8-15/h4-8,13,16H,3,9-12H2,1-2H3. The number of sulfonamides is 1. The summed E-state index contributed by atoms with van der Waals surface area (Å²) in [6.07, 6.45) is 1.61. The summed E-state index contributed by atoms with van der Waals surface area (Å²) in [7, 11) is -3.10. The van der Waals surface area contributed by atoms with Crippen LogP contribution in [0.1, 0.15) is 36.5 Å². The summed E-state index contributed by atoms with van der Waals surface area (Å²) >= 11 is 1.63. The van der Waals surface area contributed by atoms with E-state index in [4.69, 9.17) is 9.51 Å². The van der Waals surface area contributed by atoms with Gasteiger partial charge in [-0.25, -0.2) is 17.7 Å². The van der Waals surface area contributed by atoms with Crippen LogP contribution in [-0.2, 0) is 10.0 Å². The SMILES string of the molecule is CCS(=O)(=O)N1CCC(c2nc(-c3c(-c4ccccc4)noc3C)cs2)CC1. The van der Waals surface area contributed by atoms with Gasteiger partial charge in [0.1, 0.15) is 11.5 Å². The number of hydrogen-bond acceptors (Lipinski definition) is 6. The van der Waals surface area contributed by atoms with Crippen LogP contribution in [-0.4, -0.2) is 41.7 Å². The van der Waals surface area contributed by atoms with Crippen molar-refractivity contribution in [1.82, 2.24) is 14.4 Å². The highest BCUT2D eigenvalue weighted by Gasteiger charge is 2.29. The molecule has 1 aromatic carbocycles. The Balaban J connectivity index is 1.56. The van der Waals surface area contributed by atoms with Crippen molar-refractivity contribution in [2.45, 2.75) is 32.6 Å². The maximum atomic E-state index is 12.1. The van der Waals surface area contributed by atoms with Crippen molar-refractivity contribution >= 4 is 21.4 Å². The van der Waals surface area contributed by atoms with Crippen molar-refractivity contribution in [2.24, 2.45) is 0 Å². The number of rotatable bonds is 5. The molecule has 1 fully saturated rings. The van der Waals surface area contributed by atoms with Crippen LogP contribution >= 0.6 is 11.3 Å². The first-order valence-corrected chi connectivity index (χ1v) is 11.9. The highest BCUT2D eigenvalue weighted by Crippen LogP contribution is 2.38. The third-order valence-corrected chi connectivity index (χ3v) is 8.14. The summed E-state index contributed by atoms with van der Waals surface area (Å²) in [5.74, 6) is 1.20. The molecule has 0 N–H and O–H groups in total. The van der Waals surface area contributed by atoms with Gasteiger partial charge in [0.05, 0.1) is 22.0 Å². The van der Waals surface area contributed by atoms with Crippen LogP contribution in [0.15, 0.2) is 40.2 Å². The zero-order chi connectivity index (χ0) is 19.7. The molecule has 0 atom stereocenters. The van der Waals surface area contributed by atoms with Gasteiger partial charge in [-0.2, -0.15) is 0 Å². The molecule has 2 aromatic heterocycles. The normalized spacial score (nSPS) is 16.5. The van der Waals surface area contributed by atoms with Gasteiger partial charge in [0, 0.05) is 30.0 Å². The number of hydrogen-bond donors (Lipinski definition) is 0. The predicted octanol–water partition coefficient (Wildman–Crippen LogP) is 4.30. The molecule has 3 heterocycles. The summed E-state index contributed by atoms with van der Waals surface area (Å²) in [5.41, 5.74) is 3.61. The maximum absolute atomic E-state index is 12.1. The average molecular weight is 418 g/mol. The molecule has 28 heavy (non-hydrogen) atoms. The summed E-state index contributed by atoms with van der Waals surface area (Å²) in [6.45, 7) is 4.73. The third kappa shape index (κ3) is 3.64. The third-order valence-electron chi connectivity index (χ3n) is 5.25. The molecule has 0 saturated carbocycles. The van der Waals surface area contributed by atoms with Gasteiger partial charge in [0.2, 0.25) is 10.0 Å². The van der Waals surface area contributed by atoms with Crippen molar-refractivity contribution in [3.63, 3.8) is 0 Å². The summed E-state index contributed by atoms with van der Waals surface area (Å²) in [5, 5.41) is 7.36. The first-order chi connectivity index (χ1) is 13.5. The smallest absolute Gasteiger partial charge is 0.213 e. The molecule has 0 unspecified atom stereocenters. The fourth-order valence-electron chi connectivity index (χ4n) is 3.62. The predicted molar refractivity (Wildman–Crippen MR) is 111 cm³/mol. The van der Waals surface area contributed by atoms with Crippen molar-refractivity contribution in [1.29, 1.82) is 0 Å². The molecule has 0 spiro atoms. The van der Waals surface area contributed by atoms with Gasteiger partial charge >= 0.3 is 0 Å². The van der Waals surface area contributed by atoms with E-state index in [1.165, 1.54) is 0 Å². The molecular formula is C20H23N3O3S2. The lowest BCUT2D eigenvalue weighted by atomic mass is 9.99. The zero-order valence-electron chi connectivity index (χ0n) is 16.0. The molecule has 0 aliphatic carbocycles. The quantitative estimate of drug-likeness (QED) is 0.618. The van der Waals surface area contributed by atoms with Gasteiger partial charge in [-0.15, -0.1) is 11.3 Å². The fourth-order valence-corrected chi connectivity index (χ4v) is 5.73. The van der Waals surface area contributed by atoms with E-state index in [-0.39, 0.29) is 5.75 Å². The fraction of sp³-hybridized carbons (Fsp3) is 0.400. The molecule has 0 radical (unpaired) electrons. The minimum atomic E-state index is -3.10. The molecule has 1 aliphatic heterocycles. The molecule has 8 heteroatoms. The molecule has 1 saturated heterocycles. The molecular weight excluding hydrogens is 394 g/mol. The Labute approximate surface area is 169 Å². The number of nitrogens with zero attached hydrogens (tertiary/aromatic N) is 3. The van der Waals surface area contributed by atoms with Gasteiger partial charge < -0.3 is 4.52 Å². The lowest BCUT2D eigenvalue weighted by Crippen LogP contribution is -2.38. The van der Waals surface area contributed by atoms with Gasteiger partial charge in [0.25, 0.3) is 0 Å². The van der Waals surface area contributed by atoms with E-state index in [9.17, 15) is 8.42 Å². The molecule has 1 aliphatic rings. The average Bonchev–Trinajstić information content (AvgIpc) is 3.35. The Kier molecular flexibility index (Phi) is 5.35. The Morgan fingerprint density at radius 1 is 1.21 bits per heavy atom. The maximum Gasteiger partial charge on any atom is 0.213 e. The van der Waals surface area contributed by atoms with Gasteiger partial charge in [-0.3, -0.25) is 0 Å². The van der Waals surface area contributed by atoms with Crippen molar-refractivity contribution < 1.29 is 12.9 Å². The molecule has 148 valence electrons. The second-order valence-electron chi connectivity index (χ2n) is 6.97. The summed E-state index contributed by atoms with van der Waals surface area (Å²) < 4.78 is 31.2. The highest BCUT2D eigenvalue weighted by molar-refractivity contribution is 7.89. The topological polar surface area (TPSA) is 76.3 Å². The first kappa shape index (κ1) is 19.3. The zero-order valence-corrected chi connectivity index (χ0v) is 17.6. The van der Waals surface area contributed by atoms with E-state index in [0.29, 0.717) is 19.0 Å². The van der Waals surface area contributed by atoms with Gasteiger partial charge in [0.15, 0.2) is 0 Å². The number of aryl methyl sites for hydroxylation is 1. The number of piperidine rings is 1. The van der Waals surface area contributed by atoms with E-state index < -0.39 is 10.0 Å². The minimum Gasteiger partial charge on any atom is -0.360 e. The molecule has 0 amide bonds. The second kappa shape index (κ2) is 7.77.